The van der Waals surface area contributed by atoms with Gasteiger partial charge in [0.25, 0.3) is 0 Å². The quantitative estimate of drug-likeness (QED) is 0.378. The maximum absolute atomic E-state index is 12.1. The molecule has 0 N–H and O–H groups in total. The Morgan fingerprint density at radius 2 is 1.70 bits per heavy atom. The van der Waals surface area contributed by atoms with Crippen molar-refractivity contribution in [3.8, 4) is 5.75 Å². The largest absolute Gasteiger partial charge is 0.487 e. The van der Waals surface area contributed by atoms with Crippen molar-refractivity contribution < 1.29 is 13.6 Å². The minimum absolute atomic E-state index is 0.192. The highest BCUT2D eigenvalue weighted by Crippen LogP contribution is 2.24. The molecule has 5 aromatic rings. The number of benzene rings is 2. The van der Waals surface area contributed by atoms with E-state index in [1.807, 2.05) is 45.0 Å². The first-order valence-corrected chi connectivity index (χ1v) is 10.5. The smallest absolute Gasteiger partial charge is 0.336 e. The summed E-state index contributed by atoms with van der Waals surface area (Å²) in [5, 5.41) is 10.1. The zero-order valence-electron chi connectivity index (χ0n) is 18.4. The van der Waals surface area contributed by atoms with Crippen LogP contribution in [0.4, 0.5) is 0 Å². The van der Waals surface area contributed by atoms with Gasteiger partial charge in [0.15, 0.2) is 0 Å². The first kappa shape index (κ1) is 20.7. The average molecular weight is 443 g/mol. The molecule has 3 aromatic heterocycles. The molecule has 0 aliphatic heterocycles. The Morgan fingerprint density at radius 3 is 2.55 bits per heavy atom. The van der Waals surface area contributed by atoms with Gasteiger partial charge in [0.2, 0.25) is 0 Å². The van der Waals surface area contributed by atoms with Gasteiger partial charge < -0.3 is 13.6 Å². The molecule has 0 amide bonds. The van der Waals surface area contributed by atoms with Gasteiger partial charge >= 0.3 is 11.3 Å². The summed E-state index contributed by atoms with van der Waals surface area (Å²) in [5.41, 5.74) is 4.57. The molecule has 0 saturated heterocycles. The number of aromatic nitrogens is 3. The highest BCUT2D eigenvalue weighted by molar-refractivity contribution is 5.84. The van der Waals surface area contributed by atoms with Crippen LogP contribution in [0.15, 0.2) is 67.1 Å². The van der Waals surface area contributed by atoms with Crippen LogP contribution in [0.1, 0.15) is 27.9 Å². The molecule has 2 aromatic carbocycles. The molecular weight excluding hydrogens is 422 g/mol. The molecule has 8 nitrogen and oxygen atoms in total. The van der Waals surface area contributed by atoms with Crippen LogP contribution >= 0.6 is 0 Å². The second-order valence-electron chi connectivity index (χ2n) is 8.08. The predicted octanol–water partition coefficient (Wildman–Crippen LogP) is 4.04. The third-order valence-electron chi connectivity index (χ3n) is 5.75. The Hall–Kier alpha value is -4.20. The molecule has 0 fully saturated rings. The van der Waals surface area contributed by atoms with Crippen LogP contribution in [-0.2, 0) is 13.2 Å². The number of hydrogen-bond acceptors (Lipinski definition) is 7. The van der Waals surface area contributed by atoms with Crippen molar-refractivity contribution in [1.82, 2.24) is 15.0 Å². The summed E-state index contributed by atoms with van der Waals surface area (Å²) in [6.07, 6.45) is 1.77. The van der Waals surface area contributed by atoms with Crippen molar-refractivity contribution >= 4 is 21.9 Å². The monoisotopic (exact) mass is 443 g/mol. The molecule has 8 heteroatoms. The number of aryl methyl sites for hydroxylation is 3. The third kappa shape index (κ3) is 4.03. The van der Waals surface area contributed by atoms with Gasteiger partial charge in [0.1, 0.15) is 29.2 Å². The van der Waals surface area contributed by atoms with Crippen LogP contribution < -0.4 is 16.0 Å². The fourth-order valence-electron chi connectivity index (χ4n) is 3.86. The standard InChI is InChI=1S/C25H21N3O5/c1-14-4-6-21-17(9-24(30)33-25(21)16(14)3)11-28-12-18(26-27-28)13-31-19-5-7-20-15(2)8-23(29)32-22(20)10-19/h4-10,12H,11,13H2,1-3H3. The summed E-state index contributed by atoms with van der Waals surface area (Å²) in [4.78, 5) is 23.7. The van der Waals surface area contributed by atoms with E-state index in [4.69, 9.17) is 13.6 Å². The molecule has 0 saturated carbocycles. The summed E-state index contributed by atoms with van der Waals surface area (Å²) in [6, 6.07) is 12.3. The molecule has 0 unspecified atom stereocenters. The van der Waals surface area contributed by atoms with E-state index in [2.05, 4.69) is 10.3 Å². The number of nitrogens with zero attached hydrogens (tertiary/aromatic N) is 3. The van der Waals surface area contributed by atoms with Crippen LogP contribution in [0.3, 0.4) is 0 Å². The first-order valence-electron chi connectivity index (χ1n) is 10.5. The summed E-state index contributed by atoms with van der Waals surface area (Å²) in [7, 11) is 0. The molecule has 0 aliphatic rings. The van der Waals surface area contributed by atoms with E-state index in [0.717, 1.165) is 33.0 Å². The van der Waals surface area contributed by atoms with Crippen molar-refractivity contribution in [2.75, 3.05) is 0 Å². The fraction of sp³-hybridized carbons (Fsp3) is 0.200. The number of hydrogen-bond donors (Lipinski definition) is 0. The molecule has 0 bridgehead atoms. The minimum atomic E-state index is -0.395. The summed E-state index contributed by atoms with van der Waals surface area (Å²) in [6.45, 7) is 6.35. The van der Waals surface area contributed by atoms with E-state index in [9.17, 15) is 9.59 Å². The average Bonchev–Trinajstić information content (AvgIpc) is 3.22. The molecule has 0 spiro atoms. The van der Waals surface area contributed by atoms with Gasteiger partial charge in [-0.25, -0.2) is 14.3 Å². The Labute approximate surface area is 188 Å². The maximum atomic E-state index is 12.1. The topological polar surface area (TPSA) is 100 Å². The van der Waals surface area contributed by atoms with Crippen LogP contribution in [0, 0.1) is 20.8 Å². The van der Waals surface area contributed by atoms with E-state index in [-0.39, 0.29) is 6.61 Å². The first-order chi connectivity index (χ1) is 15.9. The summed E-state index contributed by atoms with van der Waals surface area (Å²) >= 11 is 0. The van der Waals surface area contributed by atoms with Crippen molar-refractivity contribution in [2.24, 2.45) is 0 Å². The van der Waals surface area contributed by atoms with Crippen molar-refractivity contribution in [1.29, 1.82) is 0 Å². The van der Waals surface area contributed by atoms with Gasteiger partial charge in [0.05, 0.1) is 12.7 Å². The van der Waals surface area contributed by atoms with Crippen LogP contribution in [0.5, 0.6) is 5.75 Å². The molecule has 0 radical (unpaired) electrons. The van der Waals surface area contributed by atoms with Crippen LogP contribution in [0.25, 0.3) is 21.9 Å². The zero-order chi connectivity index (χ0) is 23.1. The lowest BCUT2D eigenvalue weighted by Crippen LogP contribution is -2.07. The maximum Gasteiger partial charge on any atom is 0.336 e. The van der Waals surface area contributed by atoms with Crippen molar-refractivity contribution in [3.63, 3.8) is 0 Å². The van der Waals surface area contributed by atoms with E-state index in [1.54, 1.807) is 16.9 Å². The number of fused-ring (bicyclic) bond motifs is 2. The SMILES string of the molecule is Cc1ccc2c(Cn3cc(COc4ccc5c(C)cc(=O)oc5c4)nn3)cc(=O)oc2c1C. The van der Waals surface area contributed by atoms with Crippen molar-refractivity contribution in [2.45, 2.75) is 33.9 Å². The molecular formula is C25H21N3O5. The van der Waals surface area contributed by atoms with Gasteiger partial charge in [-0.05, 0) is 55.2 Å². The van der Waals surface area contributed by atoms with Gasteiger partial charge in [-0.3, -0.25) is 0 Å². The lowest BCUT2D eigenvalue weighted by molar-refractivity contribution is 0.301. The van der Waals surface area contributed by atoms with Gasteiger partial charge in [0, 0.05) is 29.0 Å². The normalized spacial score (nSPS) is 11.4. The van der Waals surface area contributed by atoms with Crippen molar-refractivity contribution in [3.05, 3.63) is 97.4 Å². The van der Waals surface area contributed by atoms with E-state index in [0.29, 0.717) is 29.2 Å². The lowest BCUT2D eigenvalue weighted by atomic mass is 10.0. The van der Waals surface area contributed by atoms with Crippen LogP contribution in [0.2, 0.25) is 0 Å². The molecule has 166 valence electrons. The van der Waals surface area contributed by atoms with Gasteiger partial charge in [-0.1, -0.05) is 17.3 Å². The van der Waals surface area contributed by atoms with Gasteiger partial charge in [-0.2, -0.15) is 0 Å². The van der Waals surface area contributed by atoms with E-state index in [1.165, 1.54) is 12.1 Å². The molecule has 0 aliphatic carbocycles. The molecule has 5 rings (SSSR count). The molecule has 33 heavy (non-hydrogen) atoms. The highest BCUT2D eigenvalue weighted by atomic mass is 16.5. The van der Waals surface area contributed by atoms with Gasteiger partial charge in [-0.15, -0.1) is 5.10 Å². The number of rotatable bonds is 5. The van der Waals surface area contributed by atoms with Crippen LogP contribution in [-0.4, -0.2) is 15.0 Å². The Morgan fingerprint density at radius 1 is 0.909 bits per heavy atom. The predicted molar refractivity (Wildman–Crippen MR) is 123 cm³/mol. The lowest BCUT2D eigenvalue weighted by Gasteiger charge is -2.08. The number of ether oxygens (including phenoxy) is 1. The Bertz CT molecular complexity index is 1630. The summed E-state index contributed by atoms with van der Waals surface area (Å²) < 4.78 is 18.2. The Balaban J connectivity index is 1.35. The fourth-order valence-corrected chi connectivity index (χ4v) is 3.86. The minimum Gasteiger partial charge on any atom is -0.487 e. The van der Waals surface area contributed by atoms with E-state index >= 15 is 0 Å². The van der Waals surface area contributed by atoms with E-state index < -0.39 is 11.3 Å². The molecule has 3 heterocycles. The summed E-state index contributed by atoms with van der Waals surface area (Å²) in [5.74, 6) is 0.559. The molecule has 0 atom stereocenters. The third-order valence-corrected chi connectivity index (χ3v) is 5.75. The zero-order valence-corrected chi connectivity index (χ0v) is 18.4. The second kappa shape index (κ2) is 8.05. The second-order valence-corrected chi connectivity index (χ2v) is 8.08. The Kier molecular flexibility index (Phi) is 5.05. The highest BCUT2D eigenvalue weighted by Gasteiger charge is 2.12.